The van der Waals surface area contributed by atoms with Crippen LogP contribution in [0, 0.1) is 0 Å². The number of rotatable bonds is 13. The molecule has 14 heteroatoms. The molecule has 2 fully saturated rings. The third-order valence-electron chi connectivity index (χ3n) is 7.85. The zero-order chi connectivity index (χ0) is 31.9. The van der Waals surface area contributed by atoms with Crippen molar-refractivity contribution < 1.29 is 9.47 Å². The molecule has 2 aromatic carbocycles. The summed E-state index contributed by atoms with van der Waals surface area (Å²) in [6, 6.07) is 12.5. The van der Waals surface area contributed by atoms with Gasteiger partial charge in [0, 0.05) is 72.0 Å². The van der Waals surface area contributed by atoms with Crippen molar-refractivity contribution in [2.24, 2.45) is 0 Å². The maximum Gasteiger partial charge on any atom is 0.237 e. The number of hydrogen-bond donors (Lipinski definition) is 4. The predicted octanol–water partition coefficient (Wildman–Crippen LogP) is 5.79. The Morgan fingerprint density at radius 3 is 1.54 bits per heavy atom. The van der Waals surface area contributed by atoms with Crippen LogP contribution < -0.4 is 29.6 Å². The van der Waals surface area contributed by atoms with E-state index in [0.29, 0.717) is 58.4 Å². The van der Waals surface area contributed by atoms with E-state index in [1.807, 2.05) is 36.4 Å². The van der Waals surface area contributed by atoms with E-state index in [-0.39, 0.29) is 0 Å². The molecular weight excluding hydrogens is 663 g/mol. The summed E-state index contributed by atoms with van der Waals surface area (Å²) in [6.07, 6.45) is 5.75. The van der Waals surface area contributed by atoms with Gasteiger partial charge in [-0.2, -0.15) is 0 Å². The van der Waals surface area contributed by atoms with Crippen LogP contribution in [0.3, 0.4) is 0 Å². The van der Waals surface area contributed by atoms with E-state index in [2.05, 4.69) is 30.0 Å². The molecule has 0 bridgehead atoms. The highest BCUT2D eigenvalue weighted by atomic mass is 35.5. The molecule has 2 atom stereocenters. The van der Waals surface area contributed by atoms with Crippen LogP contribution in [0.4, 0.5) is 0 Å². The van der Waals surface area contributed by atoms with Crippen molar-refractivity contribution in [1.82, 2.24) is 40.0 Å². The molecule has 0 saturated carbocycles. The Hall–Kier alpha value is -2.68. The summed E-state index contributed by atoms with van der Waals surface area (Å²) in [7, 11) is 3.20. The van der Waals surface area contributed by atoms with Crippen molar-refractivity contribution in [1.29, 1.82) is 0 Å². The Kier molecular flexibility index (Phi) is 11.5. The topological polar surface area (TPSA) is 118 Å². The number of hydrogen-bond acceptors (Lipinski definition) is 12. The van der Waals surface area contributed by atoms with E-state index in [0.717, 1.165) is 71.1 Å². The Morgan fingerprint density at radius 2 is 1.15 bits per heavy atom. The van der Waals surface area contributed by atoms with E-state index >= 15 is 0 Å². The van der Waals surface area contributed by atoms with Gasteiger partial charge in [0.15, 0.2) is 0 Å². The minimum absolute atomic E-state index is 0.453. The first-order chi connectivity index (χ1) is 22.6. The Balaban J connectivity index is 1.22. The lowest BCUT2D eigenvalue weighted by Gasteiger charge is -2.15. The molecule has 4 N–H and O–H groups in total. The maximum absolute atomic E-state index is 7.05. The van der Waals surface area contributed by atoms with Crippen LogP contribution in [-0.2, 0) is 13.1 Å². The fourth-order valence-corrected chi connectivity index (χ4v) is 7.95. The molecule has 2 aliphatic rings. The summed E-state index contributed by atoms with van der Waals surface area (Å²) in [5, 5.41) is 7.92. The lowest BCUT2D eigenvalue weighted by atomic mass is 9.98. The summed E-state index contributed by atoms with van der Waals surface area (Å²) < 4.78 is 18.0. The number of nitrogens with zero attached hydrogens (tertiary/aromatic N) is 4. The van der Waals surface area contributed by atoms with Gasteiger partial charge in [-0.25, -0.2) is 9.97 Å². The zero-order valence-corrected chi connectivity index (χ0v) is 28.8. The van der Waals surface area contributed by atoms with Gasteiger partial charge in [-0.3, -0.25) is 19.4 Å². The predicted molar refractivity (Wildman–Crippen MR) is 188 cm³/mol. The van der Waals surface area contributed by atoms with Gasteiger partial charge in [0.25, 0.3) is 0 Å². The minimum atomic E-state index is 0.453. The van der Waals surface area contributed by atoms with Gasteiger partial charge < -0.3 is 20.1 Å². The minimum Gasteiger partial charge on any atom is -0.480 e. The molecule has 0 aliphatic carbocycles. The van der Waals surface area contributed by atoms with Crippen molar-refractivity contribution in [3.63, 3.8) is 0 Å². The summed E-state index contributed by atoms with van der Waals surface area (Å²) in [5.74, 6) is 3.18. The smallest absolute Gasteiger partial charge is 0.237 e. The van der Waals surface area contributed by atoms with Gasteiger partial charge >= 0.3 is 0 Å². The highest BCUT2D eigenvalue weighted by Crippen LogP contribution is 2.42. The number of benzene rings is 2. The number of aromatic nitrogens is 4. The Bertz CT molecular complexity index is 1530. The number of ether oxygens (including phenoxy) is 2. The molecule has 6 rings (SSSR count). The van der Waals surface area contributed by atoms with Gasteiger partial charge in [-0.15, -0.1) is 0 Å². The fourth-order valence-electron chi connectivity index (χ4n) is 5.39. The van der Waals surface area contributed by atoms with Gasteiger partial charge in [0.1, 0.15) is 11.4 Å². The van der Waals surface area contributed by atoms with E-state index in [1.165, 1.54) is 0 Å². The lowest BCUT2D eigenvalue weighted by Crippen LogP contribution is -2.31. The lowest BCUT2D eigenvalue weighted by molar-refractivity contribution is 0.386. The van der Waals surface area contributed by atoms with E-state index in [1.54, 1.807) is 50.5 Å². The van der Waals surface area contributed by atoms with E-state index in [4.69, 9.17) is 42.6 Å². The van der Waals surface area contributed by atoms with Crippen molar-refractivity contribution in [2.45, 2.75) is 38.0 Å². The molecule has 0 amide bonds. The average Bonchev–Trinajstić information content (AvgIpc) is 3.81. The molecule has 4 heterocycles. The molecule has 2 aliphatic heterocycles. The van der Waals surface area contributed by atoms with Crippen LogP contribution in [0.1, 0.15) is 24.2 Å². The summed E-state index contributed by atoms with van der Waals surface area (Å²) in [4.78, 5) is 18.9. The van der Waals surface area contributed by atoms with Crippen molar-refractivity contribution in [3.8, 4) is 45.4 Å². The molecule has 46 heavy (non-hydrogen) atoms. The fraction of sp³-hybridized carbons (Fsp3) is 0.375. The molecule has 242 valence electrons. The van der Waals surface area contributed by atoms with Crippen molar-refractivity contribution >= 4 is 47.1 Å². The molecule has 4 aromatic rings. The van der Waals surface area contributed by atoms with Crippen LogP contribution in [0.15, 0.2) is 48.8 Å². The van der Waals surface area contributed by atoms with E-state index < -0.39 is 0 Å². The van der Waals surface area contributed by atoms with Crippen LogP contribution >= 0.6 is 47.1 Å². The second-order valence-electron chi connectivity index (χ2n) is 10.9. The third kappa shape index (κ3) is 7.71. The normalized spacial score (nSPS) is 17.8. The summed E-state index contributed by atoms with van der Waals surface area (Å²) >= 11 is 17.6. The maximum atomic E-state index is 7.05. The van der Waals surface area contributed by atoms with Gasteiger partial charge in [-0.05, 0) is 12.8 Å². The highest BCUT2D eigenvalue weighted by Gasteiger charge is 2.20. The second kappa shape index (κ2) is 15.9. The van der Waals surface area contributed by atoms with Gasteiger partial charge in [0.05, 0.1) is 48.0 Å². The monoisotopic (exact) mass is 698 g/mol. The van der Waals surface area contributed by atoms with Crippen LogP contribution in [0.25, 0.3) is 33.6 Å². The molecular formula is C32H36Cl2N8O2S2. The SMILES string of the molecule is COc1nc(-c2cccc(-c3cccc(-c4cnc(CNCC5CCSN5)c(OC)n4)c3Cl)c2Cl)cnc1CNCC1CCSN1. The largest absolute Gasteiger partial charge is 0.480 e. The molecule has 2 aromatic heterocycles. The van der Waals surface area contributed by atoms with Crippen LogP contribution in [0.2, 0.25) is 10.0 Å². The first kappa shape index (κ1) is 33.2. The van der Waals surface area contributed by atoms with Gasteiger partial charge in [-0.1, -0.05) is 83.5 Å². The van der Waals surface area contributed by atoms with Crippen LogP contribution in [-0.4, -0.2) is 70.8 Å². The molecule has 0 spiro atoms. The highest BCUT2D eigenvalue weighted by molar-refractivity contribution is 7.97. The molecule has 2 saturated heterocycles. The Morgan fingerprint density at radius 1 is 0.717 bits per heavy atom. The summed E-state index contributed by atoms with van der Waals surface area (Å²) in [5.41, 5.74) is 5.67. The number of nitrogens with one attached hydrogen (secondary N) is 4. The summed E-state index contributed by atoms with van der Waals surface area (Å²) in [6.45, 7) is 2.81. The second-order valence-corrected chi connectivity index (χ2v) is 13.5. The molecule has 0 radical (unpaired) electrons. The first-order valence-corrected chi connectivity index (χ1v) is 17.8. The molecule has 10 nitrogen and oxygen atoms in total. The average molecular weight is 700 g/mol. The standard InChI is InChI=1S/C32H36Cl2N8O2S2/c1-43-31-27(15-35-13-19-9-11-45-41-19)37-17-25(39-31)23-7-3-5-21(29(23)33)22-6-4-8-24(30(22)34)26-18-38-28(32(40-26)44-2)16-36-14-20-10-12-46-42-20/h3-8,17-20,35-36,41-42H,9-16H2,1-2H3. The number of methoxy groups -OCH3 is 2. The molecule has 2 unspecified atom stereocenters. The Labute approximate surface area is 287 Å². The third-order valence-corrected chi connectivity index (χ3v) is 10.5. The van der Waals surface area contributed by atoms with E-state index in [9.17, 15) is 0 Å². The first-order valence-electron chi connectivity index (χ1n) is 15.1. The zero-order valence-electron chi connectivity index (χ0n) is 25.6. The van der Waals surface area contributed by atoms with Crippen LogP contribution in [0.5, 0.6) is 11.8 Å². The van der Waals surface area contributed by atoms with Crippen molar-refractivity contribution in [2.75, 3.05) is 38.8 Å². The van der Waals surface area contributed by atoms with Crippen molar-refractivity contribution in [3.05, 3.63) is 70.2 Å². The number of halogens is 2. The quantitative estimate of drug-likeness (QED) is 0.127. The van der Waals surface area contributed by atoms with Gasteiger partial charge in [0.2, 0.25) is 11.8 Å².